The first kappa shape index (κ1) is 15.2. The molecule has 7 nitrogen and oxygen atoms in total. The first-order valence-corrected chi connectivity index (χ1v) is 7.69. The highest BCUT2D eigenvalue weighted by molar-refractivity contribution is 6.04. The molecule has 0 spiro atoms. The van der Waals surface area contributed by atoms with Gasteiger partial charge in [-0.1, -0.05) is 0 Å². The lowest BCUT2D eigenvalue weighted by molar-refractivity contribution is 0.0602. The summed E-state index contributed by atoms with van der Waals surface area (Å²) in [5.41, 5.74) is 4.36. The standard InChI is InChI=1S/C18H16N4O3/c1-22-17(11-5-4-10(24-2)8-13(11)21-22)15-9-14-16(20-15)12(6-7-19-14)18(23)25-3/h4-9,20H,1-3H3. The average Bonchev–Trinajstić information content (AvgIpc) is 3.19. The van der Waals surface area contributed by atoms with Crippen LogP contribution in [0.5, 0.6) is 5.75 Å². The topological polar surface area (TPSA) is 82.0 Å². The van der Waals surface area contributed by atoms with Crippen LogP contribution < -0.4 is 4.74 Å². The van der Waals surface area contributed by atoms with Crippen LogP contribution in [0, 0.1) is 0 Å². The summed E-state index contributed by atoms with van der Waals surface area (Å²) in [6.07, 6.45) is 1.60. The highest BCUT2D eigenvalue weighted by Crippen LogP contribution is 2.32. The van der Waals surface area contributed by atoms with Gasteiger partial charge in [0.25, 0.3) is 0 Å². The molecule has 0 amide bonds. The molecule has 0 saturated carbocycles. The van der Waals surface area contributed by atoms with Gasteiger partial charge in [0.15, 0.2) is 0 Å². The Morgan fingerprint density at radius 3 is 2.76 bits per heavy atom. The van der Waals surface area contributed by atoms with E-state index in [1.165, 1.54) is 7.11 Å². The second-order valence-electron chi connectivity index (χ2n) is 5.65. The van der Waals surface area contributed by atoms with Gasteiger partial charge in [0.1, 0.15) is 5.75 Å². The Labute approximate surface area is 143 Å². The number of methoxy groups -OCH3 is 2. The lowest BCUT2D eigenvalue weighted by Gasteiger charge is -2.01. The maximum Gasteiger partial charge on any atom is 0.340 e. The van der Waals surface area contributed by atoms with Crippen LogP contribution in [0.2, 0.25) is 0 Å². The van der Waals surface area contributed by atoms with E-state index in [1.807, 2.05) is 31.3 Å². The van der Waals surface area contributed by atoms with E-state index >= 15 is 0 Å². The summed E-state index contributed by atoms with van der Waals surface area (Å²) in [5.74, 6) is 0.351. The molecule has 7 heteroatoms. The minimum absolute atomic E-state index is 0.402. The Hall–Kier alpha value is -3.35. The van der Waals surface area contributed by atoms with Gasteiger partial charge in [-0.15, -0.1) is 0 Å². The Morgan fingerprint density at radius 1 is 1.16 bits per heavy atom. The predicted octanol–water partition coefficient (Wildman–Crippen LogP) is 2.91. The minimum atomic E-state index is -0.402. The van der Waals surface area contributed by atoms with Gasteiger partial charge >= 0.3 is 5.97 Å². The lowest BCUT2D eigenvalue weighted by Crippen LogP contribution is -2.02. The fraction of sp³-hybridized carbons (Fsp3) is 0.167. The molecule has 1 N–H and O–H groups in total. The molecular formula is C18H16N4O3. The second kappa shape index (κ2) is 5.62. The molecule has 0 unspecified atom stereocenters. The quantitative estimate of drug-likeness (QED) is 0.582. The number of aromatic amines is 1. The molecule has 1 aromatic carbocycles. The third-order valence-electron chi connectivity index (χ3n) is 4.22. The number of aromatic nitrogens is 4. The second-order valence-corrected chi connectivity index (χ2v) is 5.65. The zero-order valence-electron chi connectivity index (χ0n) is 14.0. The van der Waals surface area contributed by atoms with E-state index in [0.29, 0.717) is 16.6 Å². The highest BCUT2D eigenvalue weighted by atomic mass is 16.5. The Balaban J connectivity index is 1.95. The van der Waals surface area contributed by atoms with Gasteiger partial charge in [0.2, 0.25) is 0 Å². The maximum atomic E-state index is 12.0. The first-order valence-electron chi connectivity index (χ1n) is 7.69. The maximum absolute atomic E-state index is 12.0. The monoisotopic (exact) mass is 336 g/mol. The van der Waals surface area contributed by atoms with E-state index in [4.69, 9.17) is 9.47 Å². The third kappa shape index (κ3) is 2.32. The Bertz CT molecular complexity index is 1110. The van der Waals surface area contributed by atoms with Crippen LogP contribution in [-0.2, 0) is 11.8 Å². The zero-order chi connectivity index (χ0) is 17.6. The number of benzene rings is 1. The molecule has 126 valence electrons. The van der Waals surface area contributed by atoms with Crippen molar-refractivity contribution in [3.8, 4) is 17.1 Å². The molecule has 0 aliphatic rings. The third-order valence-corrected chi connectivity index (χ3v) is 4.22. The highest BCUT2D eigenvalue weighted by Gasteiger charge is 2.18. The molecule has 4 rings (SSSR count). The number of ether oxygens (including phenoxy) is 2. The molecule has 0 saturated heterocycles. The SMILES string of the molecule is COC(=O)c1ccnc2cc(-c3c4ccc(OC)cc4nn3C)[nH]c12. The number of aryl methyl sites for hydroxylation is 1. The number of fused-ring (bicyclic) bond motifs is 2. The van der Waals surface area contributed by atoms with Crippen molar-refractivity contribution in [2.24, 2.45) is 7.05 Å². The summed E-state index contributed by atoms with van der Waals surface area (Å²) in [6.45, 7) is 0. The molecule has 0 aliphatic heterocycles. The number of rotatable bonds is 3. The van der Waals surface area contributed by atoms with E-state index in [1.54, 1.807) is 24.1 Å². The summed E-state index contributed by atoms with van der Waals surface area (Å²) in [4.78, 5) is 19.6. The molecule has 3 heterocycles. The van der Waals surface area contributed by atoms with E-state index in [0.717, 1.165) is 28.0 Å². The van der Waals surface area contributed by atoms with Gasteiger partial charge in [0.05, 0.1) is 47.7 Å². The van der Waals surface area contributed by atoms with Crippen molar-refractivity contribution < 1.29 is 14.3 Å². The van der Waals surface area contributed by atoms with Gasteiger partial charge in [-0.2, -0.15) is 5.10 Å². The van der Waals surface area contributed by atoms with E-state index < -0.39 is 5.97 Å². The van der Waals surface area contributed by atoms with Gasteiger partial charge in [-0.05, 0) is 24.3 Å². The van der Waals surface area contributed by atoms with Crippen molar-refractivity contribution >= 4 is 27.9 Å². The number of pyridine rings is 1. The van der Waals surface area contributed by atoms with Crippen LogP contribution in [-0.4, -0.2) is 39.9 Å². The van der Waals surface area contributed by atoms with Crippen LogP contribution in [0.3, 0.4) is 0 Å². The average molecular weight is 336 g/mol. The molecule has 25 heavy (non-hydrogen) atoms. The van der Waals surface area contributed by atoms with E-state index in [2.05, 4.69) is 15.1 Å². The van der Waals surface area contributed by atoms with Crippen LogP contribution in [0.15, 0.2) is 36.5 Å². The van der Waals surface area contributed by atoms with Crippen molar-refractivity contribution in [2.45, 2.75) is 0 Å². The van der Waals surface area contributed by atoms with E-state index in [-0.39, 0.29) is 0 Å². The normalized spacial score (nSPS) is 11.2. The van der Waals surface area contributed by atoms with Gasteiger partial charge in [0, 0.05) is 24.7 Å². The smallest absolute Gasteiger partial charge is 0.340 e. The van der Waals surface area contributed by atoms with Crippen molar-refractivity contribution in [3.05, 3.63) is 42.1 Å². The molecule has 0 atom stereocenters. The van der Waals surface area contributed by atoms with Crippen LogP contribution in [0.1, 0.15) is 10.4 Å². The number of hydrogen-bond acceptors (Lipinski definition) is 5. The van der Waals surface area contributed by atoms with Crippen molar-refractivity contribution in [1.82, 2.24) is 19.7 Å². The number of esters is 1. The number of nitrogens with one attached hydrogen (secondary N) is 1. The Kier molecular flexibility index (Phi) is 3.42. The molecule has 0 radical (unpaired) electrons. The molecule has 4 aromatic rings. The number of hydrogen-bond donors (Lipinski definition) is 1. The summed E-state index contributed by atoms with van der Waals surface area (Å²) in [7, 11) is 4.87. The lowest BCUT2D eigenvalue weighted by atomic mass is 10.1. The molecule has 0 fully saturated rings. The van der Waals surface area contributed by atoms with Crippen molar-refractivity contribution in [3.63, 3.8) is 0 Å². The number of nitrogens with zero attached hydrogens (tertiary/aromatic N) is 3. The molecule has 0 aliphatic carbocycles. The van der Waals surface area contributed by atoms with E-state index in [9.17, 15) is 4.79 Å². The fourth-order valence-corrected chi connectivity index (χ4v) is 3.06. The largest absolute Gasteiger partial charge is 0.497 e. The molecule has 0 bridgehead atoms. The van der Waals surface area contributed by atoms with Gasteiger partial charge < -0.3 is 14.5 Å². The van der Waals surface area contributed by atoms with Gasteiger partial charge in [-0.25, -0.2) is 4.79 Å². The first-order chi connectivity index (χ1) is 12.1. The summed E-state index contributed by atoms with van der Waals surface area (Å²) < 4.78 is 11.9. The molecular weight excluding hydrogens is 320 g/mol. The van der Waals surface area contributed by atoms with Crippen molar-refractivity contribution in [2.75, 3.05) is 14.2 Å². The number of carbonyl (C=O) groups excluding carboxylic acids is 1. The summed E-state index contributed by atoms with van der Waals surface area (Å²) in [5, 5.41) is 5.53. The number of carbonyl (C=O) groups is 1. The van der Waals surface area contributed by atoms with Crippen molar-refractivity contribution in [1.29, 1.82) is 0 Å². The van der Waals surface area contributed by atoms with Gasteiger partial charge in [-0.3, -0.25) is 9.67 Å². The summed E-state index contributed by atoms with van der Waals surface area (Å²) in [6, 6.07) is 9.30. The molecule has 3 aromatic heterocycles. The van der Waals surface area contributed by atoms with Crippen LogP contribution >= 0.6 is 0 Å². The fourth-order valence-electron chi connectivity index (χ4n) is 3.06. The Morgan fingerprint density at radius 2 is 2.00 bits per heavy atom. The minimum Gasteiger partial charge on any atom is -0.497 e. The zero-order valence-corrected chi connectivity index (χ0v) is 14.0. The predicted molar refractivity (Wildman–Crippen MR) is 93.7 cm³/mol. The summed E-state index contributed by atoms with van der Waals surface area (Å²) >= 11 is 0. The van der Waals surface area contributed by atoms with Crippen LogP contribution in [0.25, 0.3) is 33.3 Å². The number of H-pyrrole nitrogens is 1. The van der Waals surface area contributed by atoms with Crippen LogP contribution in [0.4, 0.5) is 0 Å².